The van der Waals surface area contributed by atoms with E-state index in [1.54, 1.807) is 12.4 Å². The van der Waals surface area contributed by atoms with E-state index in [0.29, 0.717) is 63.3 Å². The summed E-state index contributed by atoms with van der Waals surface area (Å²) in [4.78, 5) is 45.0. The Labute approximate surface area is 333 Å². The van der Waals surface area contributed by atoms with Gasteiger partial charge in [-0.15, -0.1) is 0 Å². The molecule has 2 aliphatic carbocycles. The van der Waals surface area contributed by atoms with E-state index in [1.807, 2.05) is 18.2 Å². The summed E-state index contributed by atoms with van der Waals surface area (Å²) in [7, 11) is 0. The summed E-state index contributed by atoms with van der Waals surface area (Å²) in [6.07, 6.45) is 2.69. The van der Waals surface area contributed by atoms with Crippen LogP contribution in [0.4, 0.5) is 32.8 Å². The van der Waals surface area contributed by atoms with Gasteiger partial charge in [0.15, 0.2) is 16.6 Å². The second kappa shape index (κ2) is 15.2. The predicted octanol–water partition coefficient (Wildman–Crippen LogP) is 7.98. The van der Waals surface area contributed by atoms with Crippen molar-refractivity contribution in [2.45, 2.75) is 57.5 Å². The zero-order chi connectivity index (χ0) is 40.2. The highest BCUT2D eigenvalue weighted by molar-refractivity contribution is 7.22. The van der Waals surface area contributed by atoms with Gasteiger partial charge in [0, 0.05) is 73.1 Å². The van der Waals surface area contributed by atoms with E-state index in [9.17, 15) is 31.5 Å². The molecule has 9 rings (SSSR count). The van der Waals surface area contributed by atoms with Crippen molar-refractivity contribution in [1.82, 2.24) is 30.0 Å². The Bertz CT molecular complexity index is 2540. The molecule has 5 heterocycles. The first-order chi connectivity index (χ1) is 28.0. The molecule has 1 saturated carbocycles. The van der Waals surface area contributed by atoms with Crippen LogP contribution in [-0.4, -0.2) is 62.6 Å². The molecule has 1 N–H and O–H groups in total. The Morgan fingerprint density at radius 3 is 2.38 bits per heavy atom. The molecule has 58 heavy (non-hydrogen) atoms. The van der Waals surface area contributed by atoms with Crippen LogP contribution < -0.4 is 15.1 Å². The number of anilines is 2. The third kappa shape index (κ3) is 7.40. The van der Waals surface area contributed by atoms with Gasteiger partial charge in [0.1, 0.15) is 29.7 Å². The van der Waals surface area contributed by atoms with Crippen molar-refractivity contribution in [3.63, 3.8) is 0 Å². The molecule has 0 bridgehead atoms. The molecular formula is C42H37F5N8O2S. The smallest absolute Gasteiger partial charge is 0.282 e. The Balaban J connectivity index is 1.11. The summed E-state index contributed by atoms with van der Waals surface area (Å²) in [6, 6.07) is 11.9. The van der Waals surface area contributed by atoms with Crippen molar-refractivity contribution in [2.75, 3.05) is 36.0 Å². The Morgan fingerprint density at radius 1 is 0.914 bits per heavy atom. The van der Waals surface area contributed by atoms with Crippen molar-refractivity contribution < 1.29 is 31.5 Å². The number of fused-ring (bicyclic) bond motifs is 4. The number of halogens is 5. The third-order valence-corrected chi connectivity index (χ3v) is 12.4. The van der Waals surface area contributed by atoms with Crippen molar-refractivity contribution in [3.8, 4) is 11.1 Å². The first-order valence-corrected chi connectivity index (χ1v) is 19.9. The Hall–Kier alpha value is -5.77. The zero-order valence-corrected chi connectivity index (χ0v) is 32.1. The number of nitrogens with zero attached hydrogens (tertiary/aromatic N) is 7. The quantitative estimate of drug-likeness (QED) is 0.104. The number of aromatic nitrogens is 5. The number of alkyl halides is 2. The predicted molar refractivity (Wildman–Crippen MR) is 209 cm³/mol. The normalized spacial score (nSPS) is 18.0. The average molecular weight is 813 g/mol. The van der Waals surface area contributed by atoms with Gasteiger partial charge in [-0.25, -0.2) is 26.9 Å². The molecule has 2 fully saturated rings. The highest BCUT2D eigenvalue weighted by atomic mass is 32.1. The lowest BCUT2D eigenvalue weighted by atomic mass is 9.94. The number of piperazine rings is 1. The maximum Gasteiger partial charge on any atom is 0.282 e. The number of carbonyl (C=O) groups is 2. The lowest BCUT2D eigenvalue weighted by Crippen LogP contribution is -2.46. The molecule has 2 unspecified atom stereocenters. The van der Waals surface area contributed by atoms with Crippen LogP contribution >= 0.6 is 11.3 Å². The van der Waals surface area contributed by atoms with Gasteiger partial charge in [-0.3, -0.25) is 19.3 Å². The molecule has 1 aliphatic heterocycles. The van der Waals surface area contributed by atoms with Crippen molar-refractivity contribution in [2.24, 2.45) is 5.92 Å². The number of hydrogen-bond acceptors (Lipinski definition) is 9. The van der Waals surface area contributed by atoms with E-state index >= 15 is 0 Å². The number of nitrogens with one attached hydrogen (secondary N) is 1. The number of pyridine rings is 2. The summed E-state index contributed by atoms with van der Waals surface area (Å²) in [5.41, 5.74) is 3.45. The summed E-state index contributed by atoms with van der Waals surface area (Å²) < 4.78 is 74.4. The molecule has 3 aliphatic rings. The molecule has 6 aromatic rings. The molecular weight excluding hydrogens is 776 g/mol. The SMILES string of the molecule is CC(=O)c1cc(-c2cc3sc(N4CCN(c5ccncc5)CC4)nc3nc2[C@H](Cc2cc(F)cc(F)c2)NC(=O)Cn2nc(C(F)F)c3c2C2CC2CC3)ccc1F. The zero-order valence-electron chi connectivity index (χ0n) is 31.3. The van der Waals surface area contributed by atoms with Gasteiger partial charge in [-0.1, -0.05) is 17.4 Å². The van der Waals surface area contributed by atoms with Crippen molar-refractivity contribution in [1.29, 1.82) is 0 Å². The number of hydrogen-bond donors (Lipinski definition) is 1. The van der Waals surface area contributed by atoms with Crippen LogP contribution in [0.3, 0.4) is 0 Å². The van der Waals surface area contributed by atoms with E-state index in [4.69, 9.17) is 9.97 Å². The first-order valence-electron chi connectivity index (χ1n) is 19.1. The molecule has 1 saturated heterocycles. The number of benzene rings is 2. The van der Waals surface area contributed by atoms with E-state index in [0.717, 1.165) is 49.8 Å². The molecule has 0 radical (unpaired) electrons. The van der Waals surface area contributed by atoms with Crippen LogP contribution in [0.5, 0.6) is 0 Å². The fraction of sp³-hybridized carbons (Fsp3) is 0.333. The lowest BCUT2D eigenvalue weighted by Gasteiger charge is -2.35. The highest BCUT2D eigenvalue weighted by Gasteiger charge is 2.47. The Morgan fingerprint density at radius 2 is 1.66 bits per heavy atom. The van der Waals surface area contributed by atoms with Crippen LogP contribution in [-0.2, 0) is 24.2 Å². The summed E-state index contributed by atoms with van der Waals surface area (Å²) in [5.74, 6) is -2.99. The van der Waals surface area contributed by atoms with Gasteiger partial charge in [-0.2, -0.15) is 10.1 Å². The topological polar surface area (TPSA) is 109 Å². The van der Waals surface area contributed by atoms with Crippen LogP contribution in [0, 0.1) is 23.4 Å². The molecule has 298 valence electrons. The number of thiazole rings is 1. The highest BCUT2D eigenvalue weighted by Crippen LogP contribution is 2.55. The summed E-state index contributed by atoms with van der Waals surface area (Å²) in [6.45, 7) is 3.72. The third-order valence-electron chi connectivity index (χ3n) is 11.3. The van der Waals surface area contributed by atoms with Gasteiger partial charge in [-0.05, 0) is 92.1 Å². The molecule has 16 heteroatoms. The maximum absolute atomic E-state index is 14.9. The van der Waals surface area contributed by atoms with Crippen molar-refractivity contribution >= 4 is 44.2 Å². The largest absolute Gasteiger partial charge is 0.368 e. The molecule has 2 aromatic carbocycles. The van der Waals surface area contributed by atoms with Gasteiger partial charge in [0.25, 0.3) is 6.43 Å². The van der Waals surface area contributed by atoms with E-state index in [2.05, 4.69) is 25.2 Å². The van der Waals surface area contributed by atoms with E-state index < -0.39 is 41.6 Å². The monoisotopic (exact) mass is 812 g/mol. The standard InChI is InChI=1S/C42H37F5N8O2S/c1-22(56)30-17-24(3-5-33(30)45)31-20-35-41(51-42(58-35)54-12-10-53(11-13-54)28-6-8-48-9-7-28)50-37(31)34(16-23-14-26(43)19-27(44)15-23)49-36(57)21-55-39-29(38(52-55)40(46)47)4-2-25-18-32(25)39/h3,5-9,14-15,17,19-20,25,32,34,40H,2,4,10-13,16,18,21H2,1H3,(H,49,57)/t25?,32?,34-/m0/s1. The van der Waals surface area contributed by atoms with E-state index in [-0.39, 0.29) is 41.4 Å². The number of carbonyl (C=O) groups excluding carboxylic acids is 2. The Kier molecular flexibility index (Phi) is 9.90. The number of ketones is 1. The van der Waals surface area contributed by atoms with Crippen LogP contribution in [0.15, 0.2) is 67.0 Å². The second-order valence-corrected chi connectivity index (χ2v) is 16.1. The molecule has 0 spiro atoms. The average Bonchev–Trinajstić information content (AvgIpc) is 3.73. The number of Topliss-reactive ketones (excluding diaryl/α,β-unsaturated/α-hetero) is 1. The second-order valence-electron chi connectivity index (χ2n) is 15.1. The minimum atomic E-state index is -2.80. The first kappa shape index (κ1) is 37.8. The van der Waals surface area contributed by atoms with Gasteiger partial charge >= 0.3 is 0 Å². The number of rotatable bonds is 11. The van der Waals surface area contributed by atoms with Crippen molar-refractivity contribution in [3.05, 3.63) is 118 Å². The minimum absolute atomic E-state index is 0.0599. The van der Waals surface area contributed by atoms with Crippen LogP contribution in [0.2, 0.25) is 0 Å². The molecule has 3 atom stereocenters. The van der Waals surface area contributed by atoms with Crippen LogP contribution in [0.1, 0.15) is 76.7 Å². The fourth-order valence-electron chi connectivity index (χ4n) is 8.46. The van der Waals surface area contributed by atoms with Gasteiger partial charge < -0.3 is 15.1 Å². The fourth-order valence-corrected chi connectivity index (χ4v) is 9.46. The lowest BCUT2D eigenvalue weighted by molar-refractivity contribution is -0.122. The van der Waals surface area contributed by atoms with Gasteiger partial charge in [0.2, 0.25) is 5.91 Å². The minimum Gasteiger partial charge on any atom is -0.368 e. The summed E-state index contributed by atoms with van der Waals surface area (Å²) in [5, 5.41) is 7.90. The maximum atomic E-state index is 14.9. The summed E-state index contributed by atoms with van der Waals surface area (Å²) >= 11 is 1.41. The number of amides is 1. The molecule has 4 aromatic heterocycles. The van der Waals surface area contributed by atoms with E-state index in [1.165, 1.54) is 41.1 Å². The van der Waals surface area contributed by atoms with Crippen LogP contribution in [0.25, 0.3) is 21.5 Å². The molecule has 10 nitrogen and oxygen atoms in total. The van der Waals surface area contributed by atoms with Gasteiger partial charge in [0.05, 0.1) is 22.0 Å². The molecule has 1 amide bonds.